The molecule has 0 aromatic rings. The fourth-order valence-electron chi connectivity index (χ4n) is 12.4. The Bertz CT molecular complexity index is 2370. The zero-order valence-corrected chi connectivity index (χ0v) is 59.8. The molecule has 5 rings (SSSR count). The van der Waals surface area contributed by atoms with Crippen LogP contribution >= 0.6 is 0 Å². The van der Waals surface area contributed by atoms with Crippen LogP contribution in [0.25, 0.3) is 0 Å². The summed E-state index contributed by atoms with van der Waals surface area (Å²) in [6, 6.07) is 0. The third kappa shape index (κ3) is 36.8. The first-order valence-electron chi connectivity index (χ1n) is 37.8. The van der Waals surface area contributed by atoms with Gasteiger partial charge in [0, 0.05) is 77.9 Å². The lowest BCUT2D eigenvalue weighted by Gasteiger charge is -2.32. The second-order valence-corrected chi connectivity index (χ2v) is 27.4. The van der Waals surface area contributed by atoms with Gasteiger partial charge in [0.2, 0.25) is 18.3 Å². The molecule has 0 aromatic carbocycles. The van der Waals surface area contributed by atoms with E-state index in [2.05, 4.69) is 5.32 Å². The number of ketones is 3. The zero-order chi connectivity index (χ0) is 73.7. The average molecular weight is 1460 g/mol. The molecule has 1 amide bonds. The summed E-state index contributed by atoms with van der Waals surface area (Å²) >= 11 is 0. The minimum absolute atomic E-state index is 0.155. The van der Waals surface area contributed by atoms with Crippen molar-refractivity contribution in [2.24, 2.45) is 0 Å². The second kappa shape index (κ2) is 52.6. The van der Waals surface area contributed by atoms with Crippen LogP contribution in [-0.4, -0.2) is 253 Å². The lowest BCUT2D eigenvalue weighted by Crippen LogP contribution is -2.43. The number of nitrogens with one attached hydrogen (secondary N) is 1. The minimum Gasteiger partial charge on any atom is -0.463 e. The van der Waals surface area contributed by atoms with E-state index in [-0.39, 0.29) is 120 Å². The number of ether oxygens (including phenoxy) is 13. The first kappa shape index (κ1) is 88.3. The molecule has 0 radical (unpaired) electrons. The fraction of sp³-hybridized carbons (Fsp3) is 0.889. The molecule has 16 unspecified atom stereocenters. The van der Waals surface area contributed by atoms with Gasteiger partial charge in [0.15, 0.2) is 31.3 Å². The van der Waals surface area contributed by atoms with Gasteiger partial charge < -0.3 is 108 Å². The van der Waals surface area contributed by atoms with E-state index < -0.39 is 130 Å². The van der Waals surface area contributed by atoms with Gasteiger partial charge >= 0.3 is 23.9 Å². The molecule has 5 aliphatic heterocycles. The van der Waals surface area contributed by atoms with Crippen molar-refractivity contribution in [3.05, 3.63) is 0 Å². The van der Waals surface area contributed by atoms with Crippen molar-refractivity contribution in [1.29, 1.82) is 0 Å². The molecule has 5 heterocycles. The number of unbranched alkanes of at least 4 members (excludes halogenated alkanes) is 15. The normalized spacial score (nSPS) is 27.4. The molecule has 30 heteroatoms. The van der Waals surface area contributed by atoms with E-state index in [9.17, 15) is 79.2 Å². The Labute approximate surface area is 599 Å². The molecule has 0 aliphatic carbocycles. The maximum absolute atomic E-state index is 13.7. The molecule has 5 aliphatic rings. The summed E-state index contributed by atoms with van der Waals surface area (Å²) in [5, 5.41) is 81.2. The second-order valence-electron chi connectivity index (χ2n) is 27.4. The number of aliphatic hydroxyl groups excluding tert-OH is 8. The number of carbonyl (C=O) groups excluding carboxylic acids is 8. The molecule has 0 saturated carbocycles. The van der Waals surface area contributed by atoms with E-state index in [1.165, 1.54) is 0 Å². The smallest absolute Gasteiger partial charge is 0.308 e. The van der Waals surface area contributed by atoms with Gasteiger partial charge in [-0.05, 0) is 103 Å². The molecular formula is C72H121NO29. The molecule has 588 valence electrons. The fourth-order valence-corrected chi connectivity index (χ4v) is 12.4. The van der Waals surface area contributed by atoms with Gasteiger partial charge in [-0.1, -0.05) is 70.6 Å². The molecule has 16 atom stereocenters. The van der Waals surface area contributed by atoms with Crippen molar-refractivity contribution in [3.63, 3.8) is 0 Å². The zero-order valence-electron chi connectivity index (χ0n) is 59.8. The summed E-state index contributed by atoms with van der Waals surface area (Å²) < 4.78 is 74.2. The van der Waals surface area contributed by atoms with Crippen LogP contribution in [0, 0.1) is 0 Å². The summed E-state index contributed by atoms with van der Waals surface area (Å²) in [5.41, 5.74) is 0. The van der Waals surface area contributed by atoms with Crippen LogP contribution in [0.3, 0.4) is 0 Å². The average Bonchev–Trinajstić information content (AvgIpc) is 1.66. The van der Waals surface area contributed by atoms with Gasteiger partial charge in [-0.3, -0.25) is 38.4 Å². The van der Waals surface area contributed by atoms with E-state index >= 15 is 0 Å². The van der Waals surface area contributed by atoms with Crippen LogP contribution in [0.2, 0.25) is 0 Å². The Morgan fingerprint density at radius 2 is 0.627 bits per heavy atom. The van der Waals surface area contributed by atoms with Crippen molar-refractivity contribution < 1.29 is 141 Å². The lowest BCUT2D eigenvalue weighted by atomic mass is 10.1. The predicted molar refractivity (Wildman–Crippen MR) is 360 cm³/mol. The minimum atomic E-state index is -1.78. The third-order valence-electron chi connectivity index (χ3n) is 18.7. The molecular weight excluding hydrogens is 1340 g/mol. The van der Waals surface area contributed by atoms with Gasteiger partial charge in [0.1, 0.15) is 54.5 Å². The Balaban J connectivity index is 1.13. The van der Waals surface area contributed by atoms with Crippen molar-refractivity contribution in [1.82, 2.24) is 5.32 Å². The molecule has 0 aromatic heterocycles. The Morgan fingerprint density at radius 1 is 0.314 bits per heavy atom. The van der Waals surface area contributed by atoms with Crippen LogP contribution in [0.5, 0.6) is 0 Å². The highest BCUT2D eigenvalue weighted by atomic mass is 16.8. The summed E-state index contributed by atoms with van der Waals surface area (Å²) in [7, 11) is 0. The van der Waals surface area contributed by atoms with Crippen molar-refractivity contribution >= 4 is 47.1 Å². The van der Waals surface area contributed by atoms with E-state index in [4.69, 9.17) is 61.6 Å². The predicted octanol–water partition coefficient (Wildman–Crippen LogP) is 4.65. The van der Waals surface area contributed by atoms with Gasteiger partial charge in [0.05, 0.1) is 76.5 Å². The molecule has 5 saturated heterocycles. The molecule has 30 nitrogen and oxygen atoms in total. The highest BCUT2D eigenvalue weighted by molar-refractivity contribution is 5.84. The molecule has 0 bridgehead atoms. The van der Waals surface area contributed by atoms with Gasteiger partial charge in [-0.2, -0.15) is 0 Å². The molecule has 102 heavy (non-hydrogen) atoms. The highest BCUT2D eigenvalue weighted by Crippen LogP contribution is 2.31. The number of esters is 4. The summed E-state index contributed by atoms with van der Waals surface area (Å²) in [4.78, 5) is 106. The first-order chi connectivity index (χ1) is 49.4. The summed E-state index contributed by atoms with van der Waals surface area (Å²) in [6.07, 6.45) is 1.18. The van der Waals surface area contributed by atoms with Crippen LogP contribution in [-0.2, 0) is 99.9 Å². The SMILES string of the molecule is O=C(CCCCCCCOC1OC(CO)CCC1O)CCC(=O)OC1OC(COC(=O)CCC(=O)NCCCCCCOC2OC(CO)CCC2O)C(OC(=O)CCC(=O)CCCCCCCOC2OC(CO)CCC2O)C1OC(=O)CCC(=O)CCCCCCCOC1OC(CO)CCC1O. The van der Waals surface area contributed by atoms with E-state index in [0.29, 0.717) is 149 Å². The van der Waals surface area contributed by atoms with E-state index in [1.807, 2.05) is 0 Å². The summed E-state index contributed by atoms with van der Waals surface area (Å²) in [5.74, 6) is -4.74. The third-order valence-corrected chi connectivity index (χ3v) is 18.7. The van der Waals surface area contributed by atoms with Gasteiger partial charge in [-0.25, -0.2) is 0 Å². The van der Waals surface area contributed by atoms with E-state index in [1.54, 1.807) is 0 Å². The Morgan fingerprint density at radius 3 is 0.990 bits per heavy atom. The van der Waals surface area contributed by atoms with Gasteiger partial charge in [0.25, 0.3) is 0 Å². The monoisotopic (exact) mass is 1460 g/mol. The molecule has 5 fully saturated rings. The Kier molecular flexibility index (Phi) is 45.6. The van der Waals surface area contributed by atoms with Gasteiger partial charge in [-0.15, -0.1) is 0 Å². The molecule has 9 N–H and O–H groups in total. The highest BCUT2D eigenvalue weighted by Gasteiger charge is 2.52. The summed E-state index contributed by atoms with van der Waals surface area (Å²) in [6.45, 7) is 0.452. The lowest BCUT2D eigenvalue weighted by molar-refractivity contribution is -0.245. The number of hydrogen-bond acceptors (Lipinski definition) is 29. The Hall–Kier alpha value is -4.32. The van der Waals surface area contributed by atoms with Crippen molar-refractivity contribution in [2.45, 2.75) is 343 Å². The first-order valence-corrected chi connectivity index (χ1v) is 37.8. The quantitative estimate of drug-likeness (QED) is 0.0227. The van der Waals surface area contributed by atoms with Crippen molar-refractivity contribution in [2.75, 3.05) is 66.0 Å². The maximum atomic E-state index is 13.7. The number of carbonyl (C=O) groups is 8. The largest absolute Gasteiger partial charge is 0.463 e. The topological polar surface area (TPSA) is 430 Å². The molecule has 0 spiro atoms. The maximum Gasteiger partial charge on any atom is 0.308 e. The number of amides is 1. The number of rotatable bonds is 56. The van der Waals surface area contributed by atoms with Crippen LogP contribution in [0.1, 0.15) is 244 Å². The standard InChI is InChI=1S/C72H121NO29/c74-44-52-26-30-56(81)68(95-52)90-40-16-8-1-4-12-20-49(78)23-35-63(87)100-66-60(48-94-62(86)38-34-61(85)73-39-15-7-11-19-43-93-71-59(84)33-29-55(47-77)98-71)99-72(102-65(89)37-25-51(80)22-14-6-3-10-18-42-92-70-58(83)32-28-54(46-76)97-70)67(66)101-64(88)36-24-50(79)21-13-5-2-9-17-41-91-69-57(82)31-27-53(45-75)96-69/h52-60,66-72,74-77,81-84H,1-48H2,(H,73,85). The van der Waals surface area contributed by atoms with Crippen LogP contribution < -0.4 is 5.32 Å². The number of Topliss-reactive ketones (excluding diaryl/α,β-unsaturated/α-hetero) is 3. The van der Waals surface area contributed by atoms with Crippen LogP contribution in [0.15, 0.2) is 0 Å². The van der Waals surface area contributed by atoms with Crippen molar-refractivity contribution in [3.8, 4) is 0 Å². The number of hydrogen-bond donors (Lipinski definition) is 9. The van der Waals surface area contributed by atoms with E-state index in [0.717, 1.165) is 57.8 Å². The van der Waals surface area contributed by atoms with Crippen LogP contribution in [0.4, 0.5) is 0 Å². The number of aliphatic hydroxyl groups is 8.